The number of hydrogen-bond donors (Lipinski definition) is 0. The largest absolute Gasteiger partial charge is 0.368 e. The summed E-state index contributed by atoms with van der Waals surface area (Å²) in [5.41, 5.74) is 2.07. The van der Waals surface area contributed by atoms with Crippen LogP contribution < -0.4 is 15.8 Å². The van der Waals surface area contributed by atoms with Gasteiger partial charge in [0.2, 0.25) is 10.9 Å². The van der Waals surface area contributed by atoms with Gasteiger partial charge in [0.05, 0.1) is 16.8 Å². The van der Waals surface area contributed by atoms with Crippen molar-refractivity contribution in [3.63, 3.8) is 0 Å². The fourth-order valence-electron chi connectivity index (χ4n) is 4.82. The van der Waals surface area contributed by atoms with E-state index in [1.165, 1.54) is 10.5 Å². The molecule has 31 heavy (non-hydrogen) atoms. The summed E-state index contributed by atoms with van der Waals surface area (Å²) < 4.78 is 0. The quantitative estimate of drug-likeness (QED) is 0.474. The Morgan fingerprint density at radius 1 is 0.742 bits per heavy atom. The first-order valence-electron chi connectivity index (χ1n) is 10.6. The summed E-state index contributed by atoms with van der Waals surface area (Å²) in [6.45, 7) is 1.53. The van der Waals surface area contributed by atoms with E-state index in [9.17, 15) is 19.2 Å². The molecule has 156 valence electrons. The average Bonchev–Trinajstić information content (AvgIpc) is 3.06. The van der Waals surface area contributed by atoms with Gasteiger partial charge in [0.25, 0.3) is 11.8 Å². The SMILES string of the molecule is O=C1c2ccccc2C(=O)N1CCc1c(N2CCC(c3ccccc3)CC2)c(=O)c1=O. The monoisotopic (exact) mass is 414 g/mol. The minimum atomic E-state index is -0.489. The fraction of sp³-hybridized carbons (Fsp3) is 0.280. The third-order valence-corrected chi connectivity index (χ3v) is 6.53. The second-order valence-corrected chi connectivity index (χ2v) is 8.21. The number of carbonyl (C=O) groups excluding carboxylic acids is 2. The van der Waals surface area contributed by atoms with E-state index >= 15 is 0 Å². The molecule has 0 saturated carbocycles. The highest BCUT2D eigenvalue weighted by atomic mass is 16.2. The fourth-order valence-corrected chi connectivity index (χ4v) is 4.82. The van der Waals surface area contributed by atoms with Gasteiger partial charge in [-0.05, 0) is 42.9 Å². The van der Waals surface area contributed by atoms with Crippen LogP contribution in [0.1, 0.15) is 50.6 Å². The smallest absolute Gasteiger partial charge is 0.261 e. The first-order chi connectivity index (χ1) is 15.1. The lowest BCUT2D eigenvalue weighted by Gasteiger charge is -2.35. The van der Waals surface area contributed by atoms with Crippen molar-refractivity contribution in [2.24, 2.45) is 0 Å². The molecule has 3 aromatic rings. The first-order valence-corrected chi connectivity index (χ1v) is 10.6. The van der Waals surface area contributed by atoms with Crippen LogP contribution in [0.3, 0.4) is 0 Å². The number of imide groups is 1. The van der Waals surface area contributed by atoms with E-state index in [4.69, 9.17) is 0 Å². The van der Waals surface area contributed by atoms with Crippen molar-refractivity contribution in [1.82, 2.24) is 4.90 Å². The highest BCUT2D eigenvalue weighted by Crippen LogP contribution is 2.31. The molecule has 6 heteroatoms. The molecule has 0 radical (unpaired) electrons. The molecule has 2 aliphatic rings. The van der Waals surface area contributed by atoms with Gasteiger partial charge in [-0.15, -0.1) is 0 Å². The highest BCUT2D eigenvalue weighted by molar-refractivity contribution is 6.21. The molecule has 2 amide bonds. The molecule has 2 aliphatic heterocycles. The first kappa shape index (κ1) is 19.4. The zero-order valence-corrected chi connectivity index (χ0v) is 17.0. The zero-order chi connectivity index (χ0) is 21.5. The third kappa shape index (κ3) is 3.19. The number of benzene rings is 2. The molecule has 0 unspecified atom stereocenters. The standard InChI is InChI=1S/C25H22N2O4/c28-22-20(12-15-27-24(30)18-8-4-5-9-19(18)25(27)31)21(23(22)29)26-13-10-17(11-14-26)16-6-2-1-3-7-16/h1-9,17H,10-15H2. The molecule has 1 fully saturated rings. The summed E-state index contributed by atoms with van der Waals surface area (Å²) in [5, 5.41) is 0. The molecule has 6 nitrogen and oxygen atoms in total. The molecule has 0 N–H and O–H groups in total. The van der Waals surface area contributed by atoms with Gasteiger partial charge in [-0.3, -0.25) is 24.1 Å². The molecule has 0 aliphatic carbocycles. The predicted octanol–water partition coefficient (Wildman–Crippen LogP) is 2.51. The summed E-state index contributed by atoms with van der Waals surface area (Å²) in [7, 11) is 0. The Hall–Kier alpha value is -3.54. The number of piperidine rings is 1. The van der Waals surface area contributed by atoms with E-state index in [-0.39, 0.29) is 24.8 Å². The van der Waals surface area contributed by atoms with Crippen molar-refractivity contribution < 1.29 is 9.59 Å². The van der Waals surface area contributed by atoms with E-state index in [1.54, 1.807) is 24.3 Å². The van der Waals surface area contributed by atoms with Crippen molar-refractivity contribution in [3.8, 4) is 0 Å². The summed E-state index contributed by atoms with van der Waals surface area (Å²) in [4.78, 5) is 52.9. The van der Waals surface area contributed by atoms with Crippen LogP contribution in [0.15, 0.2) is 64.2 Å². The lowest BCUT2D eigenvalue weighted by atomic mass is 9.88. The number of rotatable bonds is 5. The van der Waals surface area contributed by atoms with Crippen molar-refractivity contribution in [1.29, 1.82) is 0 Å². The van der Waals surface area contributed by atoms with Crippen LogP contribution in [-0.2, 0) is 6.42 Å². The topological polar surface area (TPSA) is 74.8 Å². The molecule has 3 aromatic carbocycles. The van der Waals surface area contributed by atoms with E-state index < -0.39 is 10.9 Å². The van der Waals surface area contributed by atoms with Gasteiger partial charge in [0.1, 0.15) is 0 Å². The van der Waals surface area contributed by atoms with E-state index in [0.717, 1.165) is 12.8 Å². The zero-order valence-electron chi connectivity index (χ0n) is 17.0. The van der Waals surface area contributed by atoms with Crippen LogP contribution in [-0.4, -0.2) is 36.3 Å². The Balaban J connectivity index is 1.28. The van der Waals surface area contributed by atoms with Crippen LogP contribution >= 0.6 is 0 Å². The maximum Gasteiger partial charge on any atom is 0.261 e. The van der Waals surface area contributed by atoms with Crippen LogP contribution in [0, 0.1) is 0 Å². The number of anilines is 1. The molecule has 0 bridgehead atoms. The Morgan fingerprint density at radius 2 is 1.32 bits per heavy atom. The highest BCUT2D eigenvalue weighted by Gasteiger charge is 2.36. The Morgan fingerprint density at radius 3 is 1.94 bits per heavy atom. The van der Waals surface area contributed by atoms with Crippen molar-refractivity contribution in [2.45, 2.75) is 25.2 Å². The van der Waals surface area contributed by atoms with Gasteiger partial charge in [0.15, 0.2) is 0 Å². The Labute approximate surface area is 179 Å². The van der Waals surface area contributed by atoms with E-state index in [2.05, 4.69) is 12.1 Å². The number of carbonyl (C=O) groups is 2. The second-order valence-electron chi connectivity index (χ2n) is 8.21. The van der Waals surface area contributed by atoms with Gasteiger partial charge in [0, 0.05) is 25.2 Å². The molecule has 2 heterocycles. The minimum Gasteiger partial charge on any atom is -0.368 e. The summed E-state index contributed by atoms with van der Waals surface area (Å²) >= 11 is 0. The summed E-state index contributed by atoms with van der Waals surface area (Å²) in [6, 6.07) is 17.1. The van der Waals surface area contributed by atoms with Crippen LogP contribution in [0.2, 0.25) is 0 Å². The predicted molar refractivity (Wildman–Crippen MR) is 117 cm³/mol. The minimum absolute atomic E-state index is 0.102. The molecular weight excluding hydrogens is 392 g/mol. The molecule has 0 aromatic heterocycles. The molecule has 0 atom stereocenters. The average molecular weight is 414 g/mol. The molecular formula is C25H22N2O4. The van der Waals surface area contributed by atoms with Gasteiger partial charge in [-0.1, -0.05) is 42.5 Å². The van der Waals surface area contributed by atoms with Crippen LogP contribution in [0.4, 0.5) is 5.69 Å². The van der Waals surface area contributed by atoms with Gasteiger partial charge in [-0.2, -0.15) is 0 Å². The second kappa shape index (κ2) is 7.61. The summed E-state index contributed by atoms with van der Waals surface area (Å²) in [5.74, 6) is -0.236. The van der Waals surface area contributed by atoms with E-state index in [1.807, 2.05) is 23.1 Å². The number of hydrogen-bond acceptors (Lipinski definition) is 5. The molecule has 5 rings (SSSR count). The van der Waals surface area contributed by atoms with Gasteiger partial charge >= 0.3 is 0 Å². The lowest BCUT2D eigenvalue weighted by Crippen LogP contribution is -2.47. The maximum atomic E-state index is 12.6. The number of amides is 2. The number of nitrogens with zero attached hydrogens (tertiary/aromatic N) is 2. The Kier molecular flexibility index (Phi) is 4.77. The van der Waals surface area contributed by atoms with Crippen LogP contribution in [0.5, 0.6) is 0 Å². The van der Waals surface area contributed by atoms with Crippen molar-refractivity contribution >= 4 is 17.5 Å². The lowest BCUT2D eigenvalue weighted by molar-refractivity contribution is 0.0656. The normalized spacial score (nSPS) is 16.9. The third-order valence-electron chi connectivity index (χ3n) is 6.53. The molecule has 0 spiro atoms. The van der Waals surface area contributed by atoms with E-state index in [0.29, 0.717) is 41.4 Å². The number of fused-ring (bicyclic) bond motifs is 1. The van der Waals surface area contributed by atoms with Crippen molar-refractivity contribution in [3.05, 3.63) is 97.3 Å². The van der Waals surface area contributed by atoms with Gasteiger partial charge < -0.3 is 4.90 Å². The summed E-state index contributed by atoms with van der Waals surface area (Å²) in [6.07, 6.45) is 2.05. The van der Waals surface area contributed by atoms with Crippen molar-refractivity contribution in [2.75, 3.05) is 24.5 Å². The molecule has 1 saturated heterocycles. The maximum absolute atomic E-state index is 12.6. The van der Waals surface area contributed by atoms with Gasteiger partial charge in [-0.25, -0.2) is 0 Å². The van der Waals surface area contributed by atoms with Crippen LogP contribution in [0.25, 0.3) is 0 Å². The Bertz CT molecular complexity index is 1200.